The van der Waals surface area contributed by atoms with Crippen LogP contribution in [0.15, 0.2) is 46.4 Å². The third kappa shape index (κ3) is 4.91. The van der Waals surface area contributed by atoms with Crippen LogP contribution in [0.3, 0.4) is 0 Å². The van der Waals surface area contributed by atoms with Crippen molar-refractivity contribution in [3.63, 3.8) is 0 Å². The molecule has 2 amide bonds. The number of esters is 1. The first-order chi connectivity index (χ1) is 10.6. The number of carbonyl (C=O) groups excluding carboxylic acids is 3. The lowest BCUT2D eigenvalue weighted by Gasteiger charge is -2.06. The van der Waals surface area contributed by atoms with Gasteiger partial charge in [-0.1, -0.05) is 6.07 Å². The summed E-state index contributed by atoms with van der Waals surface area (Å²) in [5, 5.41) is 1.74. The maximum absolute atomic E-state index is 11.5. The Kier molecular flexibility index (Phi) is 5.50. The summed E-state index contributed by atoms with van der Waals surface area (Å²) in [7, 11) is 0. The van der Waals surface area contributed by atoms with E-state index in [4.69, 9.17) is 9.15 Å². The van der Waals surface area contributed by atoms with Crippen LogP contribution in [-0.2, 0) is 14.3 Å². The zero-order chi connectivity index (χ0) is 15.8. The first-order valence-corrected chi connectivity index (χ1v) is 7.04. The lowest BCUT2D eigenvalue weighted by molar-refractivity contribution is -0.144. The molecule has 8 heteroatoms. The number of nitrogens with one attached hydrogen (secondary N) is 2. The Morgan fingerprint density at radius 2 is 2.09 bits per heavy atom. The van der Waals surface area contributed by atoms with Gasteiger partial charge in [0.2, 0.25) is 0 Å². The predicted molar refractivity (Wildman–Crippen MR) is 78.6 cm³/mol. The number of thiophene rings is 1. The highest BCUT2D eigenvalue weighted by atomic mass is 32.1. The first-order valence-electron chi connectivity index (χ1n) is 6.16. The summed E-state index contributed by atoms with van der Waals surface area (Å²) in [4.78, 5) is 34.8. The summed E-state index contributed by atoms with van der Waals surface area (Å²) in [6.45, 7) is -0.508. The normalized spacial score (nSPS) is 10.4. The minimum atomic E-state index is -0.698. The largest absolute Gasteiger partial charge is 0.465 e. The summed E-state index contributed by atoms with van der Waals surface area (Å²) >= 11 is 1.24. The van der Waals surface area contributed by atoms with Crippen LogP contribution in [-0.4, -0.2) is 24.4 Å². The molecule has 2 aromatic heterocycles. The second-order valence-electron chi connectivity index (χ2n) is 3.94. The summed E-state index contributed by atoms with van der Waals surface area (Å²) in [6, 6.07) is 6.67. The Labute approximate surface area is 129 Å². The lowest BCUT2D eigenvalue weighted by atomic mass is 10.4. The van der Waals surface area contributed by atoms with Crippen molar-refractivity contribution in [3.05, 3.63) is 52.6 Å². The zero-order valence-electron chi connectivity index (χ0n) is 11.3. The molecule has 0 fully saturated rings. The second-order valence-corrected chi connectivity index (χ2v) is 4.88. The topological polar surface area (TPSA) is 97.6 Å². The van der Waals surface area contributed by atoms with Gasteiger partial charge in [0, 0.05) is 6.08 Å². The Morgan fingerprint density at radius 3 is 2.77 bits per heavy atom. The molecular formula is C14H12N2O5S. The molecule has 0 atom stereocenters. The molecule has 22 heavy (non-hydrogen) atoms. The molecule has 0 aliphatic carbocycles. The van der Waals surface area contributed by atoms with E-state index in [0.717, 1.165) is 6.08 Å². The van der Waals surface area contributed by atoms with Gasteiger partial charge in [-0.3, -0.25) is 20.4 Å². The van der Waals surface area contributed by atoms with E-state index in [1.165, 1.54) is 23.7 Å². The molecule has 0 spiro atoms. The van der Waals surface area contributed by atoms with Crippen molar-refractivity contribution in [2.75, 3.05) is 6.61 Å². The molecule has 2 heterocycles. The van der Waals surface area contributed by atoms with Gasteiger partial charge in [-0.2, -0.15) is 0 Å². The number of furan rings is 1. The molecule has 0 aromatic carbocycles. The first kappa shape index (κ1) is 15.5. The van der Waals surface area contributed by atoms with Crippen molar-refractivity contribution in [1.29, 1.82) is 0 Å². The van der Waals surface area contributed by atoms with Crippen molar-refractivity contribution in [2.24, 2.45) is 0 Å². The van der Waals surface area contributed by atoms with E-state index in [2.05, 4.69) is 10.9 Å². The van der Waals surface area contributed by atoms with Gasteiger partial charge in [-0.05, 0) is 29.7 Å². The zero-order valence-corrected chi connectivity index (χ0v) is 12.1. The summed E-state index contributed by atoms with van der Waals surface area (Å²) < 4.78 is 9.69. The van der Waals surface area contributed by atoms with E-state index >= 15 is 0 Å². The molecule has 0 saturated carbocycles. The van der Waals surface area contributed by atoms with Crippen molar-refractivity contribution < 1.29 is 23.5 Å². The molecule has 0 radical (unpaired) electrons. The minimum Gasteiger partial charge on any atom is -0.465 e. The smallest absolute Gasteiger partial charge is 0.331 e. The summed E-state index contributed by atoms with van der Waals surface area (Å²) in [6.07, 6.45) is 4.02. The lowest BCUT2D eigenvalue weighted by Crippen LogP contribution is -2.43. The standard InChI is InChI=1S/C14H12N2O5S/c17-12(15-16-14(19)11-4-2-8-22-11)9-21-13(18)6-5-10-3-1-7-20-10/h1-8H,9H2,(H,15,17)(H,16,19). The second kappa shape index (κ2) is 7.79. The highest BCUT2D eigenvalue weighted by Crippen LogP contribution is 2.07. The third-order valence-electron chi connectivity index (χ3n) is 2.33. The van der Waals surface area contributed by atoms with Crippen LogP contribution in [0, 0.1) is 0 Å². The number of ether oxygens (including phenoxy) is 1. The van der Waals surface area contributed by atoms with Gasteiger partial charge in [0.1, 0.15) is 5.76 Å². The van der Waals surface area contributed by atoms with Crippen LogP contribution >= 0.6 is 11.3 Å². The maximum atomic E-state index is 11.5. The van der Waals surface area contributed by atoms with Crippen molar-refractivity contribution in [3.8, 4) is 0 Å². The Bertz CT molecular complexity index is 661. The van der Waals surface area contributed by atoms with Crippen LogP contribution < -0.4 is 10.9 Å². The van der Waals surface area contributed by atoms with Gasteiger partial charge in [0.05, 0.1) is 11.1 Å². The van der Waals surface area contributed by atoms with Crippen molar-refractivity contribution in [1.82, 2.24) is 10.9 Å². The van der Waals surface area contributed by atoms with Gasteiger partial charge in [-0.15, -0.1) is 11.3 Å². The molecule has 0 saturated heterocycles. The third-order valence-corrected chi connectivity index (χ3v) is 3.20. The van der Waals surface area contributed by atoms with Gasteiger partial charge >= 0.3 is 5.97 Å². The number of hydrogen-bond acceptors (Lipinski definition) is 6. The molecular weight excluding hydrogens is 308 g/mol. The molecule has 2 N–H and O–H groups in total. The highest BCUT2D eigenvalue weighted by Gasteiger charge is 2.09. The average Bonchev–Trinajstić information content (AvgIpc) is 3.21. The number of hydrogen-bond donors (Lipinski definition) is 2. The molecule has 0 aliphatic heterocycles. The van der Waals surface area contributed by atoms with E-state index in [-0.39, 0.29) is 0 Å². The molecule has 0 unspecified atom stereocenters. The maximum Gasteiger partial charge on any atom is 0.331 e. The van der Waals surface area contributed by atoms with E-state index in [9.17, 15) is 14.4 Å². The van der Waals surface area contributed by atoms with Crippen LogP contribution in [0.1, 0.15) is 15.4 Å². The predicted octanol–water partition coefficient (Wildman–Crippen LogP) is 1.36. The number of carbonyl (C=O) groups is 3. The van der Waals surface area contributed by atoms with Gasteiger partial charge < -0.3 is 9.15 Å². The number of rotatable bonds is 5. The SMILES string of the molecule is O=C(COC(=O)C=Cc1ccco1)NNC(=O)c1cccs1. The summed E-state index contributed by atoms with van der Waals surface area (Å²) in [5.41, 5.74) is 4.35. The monoisotopic (exact) mass is 320 g/mol. The van der Waals surface area contributed by atoms with Crippen LogP contribution in [0.25, 0.3) is 6.08 Å². The molecule has 0 aliphatic rings. The fourth-order valence-corrected chi connectivity index (χ4v) is 1.97. The van der Waals surface area contributed by atoms with Crippen molar-refractivity contribution >= 4 is 35.2 Å². The van der Waals surface area contributed by atoms with E-state index in [0.29, 0.717) is 10.6 Å². The Hall–Kier alpha value is -2.87. The molecule has 7 nitrogen and oxygen atoms in total. The van der Waals surface area contributed by atoms with Crippen LogP contribution in [0.2, 0.25) is 0 Å². The Balaban J connectivity index is 1.67. The number of hydrazine groups is 1. The van der Waals surface area contributed by atoms with Gasteiger partial charge in [0.15, 0.2) is 6.61 Å². The fourth-order valence-electron chi connectivity index (χ4n) is 1.35. The van der Waals surface area contributed by atoms with Crippen LogP contribution in [0.5, 0.6) is 0 Å². The summed E-state index contributed by atoms with van der Waals surface area (Å²) in [5.74, 6) is -1.29. The molecule has 2 rings (SSSR count). The van der Waals surface area contributed by atoms with E-state index in [1.54, 1.807) is 29.6 Å². The molecule has 2 aromatic rings. The van der Waals surface area contributed by atoms with Gasteiger partial charge in [0.25, 0.3) is 11.8 Å². The van der Waals surface area contributed by atoms with E-state index in [1.807, 2.05) is 0 Å². The quantitative estimate of drug-likeness (QED) is 0.492. The highest BCUT2D eigenvalue weighted by molar-refractivity contribution is 7.12. The van der Waals surface area contributed by atoms with Crippen molar-refractivity contribution in [2.45, 2.75) is 0 Å². The average molecular weight is 320 g/mol. The Morgan fingerprint density at radius 1 is 1.23 bits per heavy atom. The number of amides is 2. The van der Waals surface area contributed by atoms with Gasteiger partial charge in [-0.25, -0.2) is 4.79 Å². The molecule has 114 valence electrons. The minimum absolute atomic E-state index is 0.438. The molecule has 0 bridgehead atoms. The fraction of sp³-hybridized carbons (Fsp3) is 0.0714. The van der Waals surface area contributed by atoms with E-state index < -0.39 is 24.4 Å². The van der Waals surface area contributed by atoms with Crippen LogP contribution in [0.4, 0.5) is 0 Å².